The molecule has 172 valence electrons. The van der Waals surface area contributed by atoms with Crippen molar-refractivity contribution in [1.82, 2.24) is 4.90 Å². The van der Waals surface area contributed by atoms with Gasteiger partial charge in [-0.3, -0.25) is 14.4 Å². The van der Waals surface area contributed by atoms with E-state index >= 15 is 0 Å². The van der Waals surface area contributed by atoms with E-state index in [2.05, 4.69) is 0 Å². The fourth-order valence-corrected chi connectivity index (χ4v) is 5.59. The molecule has 0 aliphatic carbocycles. The number of anilines is 2. The van der Waals surface area contributed by atoms with E-state index in [0.29, 0.717) is 23.7 Å². The van der Waals surface area contributed by atoms with Crippen molar-refractivity contribution in [2.75, 3.05) is 41.7 Å². The molecule has 8 heteroatoms. The average molecular weight is 466 g/mol. The van der Waals surface area contributed by atoms with Gasteiger partial charge in [0, 0.05) is 31.0 Å². The van der Waals surface area contributed by atoms with Crippen LogP contribution in [0.25, 0.3) is 0 Å². The zero-order valence-corrected chi connectivity index (χ0v) is 19.3. The number of carbonyl (C=O) groups is 3. The molecule has 0 N–H and O–H groups in total. The topological polar surface area (TPSA) is 70.2 Å². The van der Waals surface area contributed by atoms with Crippen LogP contribution in [0.2, 0.25) is 0 Å². The summed E-state index contributed by atoms with van der Waals surface area (Å²) in [5.74, 6) is 0.748. The van der Waals surface area contributed by atoms with Crippen molar-refractivity contribution in [3.8, 4) is 5.75 Å². The predicted octanol–water partition coefficient (Wildman–Crippen LogP) is 3.32. The van der Waals surface area contributed by atoms with Gasteiger partial charge in [0.05, 0.1) is 23.7 Å². The fraction of sp³-hybridized carbons (Fsp3) is 0.400. The van der Waals surface area contributed by atoms with Gasteiger partial charge in [0.1, 0.15) is 5.75 Å². The Balaban J connectivity index is 1.32. The Morgan fingerprint density at radius 1 is 0.970 bits per heavy atom. The van der Waals surface area contributed by atoms with Crippen LogP contribution < -0.4 is 14.5 Å². The molecule has 2 aromatic carbocycles. The van der Waals surface area contributed by atoms with Crippen molar-refractivity contribution in [3.05, 3.63) is 48.5 Å². The van der Waals surface area contributed by atoms with Crippen LogP contribution >= 0.6 is 11.8 Å². The minimum absolute atomic E-state index is 0.00651. The second-order valence-corrected chi connectivity index (χ2v) is 9.53. The van der Waals surface area contributed by atoms with Crippen molar-refractivity contribution in [1.29, 1.82) is 0 Å². The maximum absolute atomic E-state index is 13.4. The minimum Gasteiger partial charge on any atom is -0.476 e. The molecule has 0 spiro atoms. The number of hydrogen-bond donors (Lipinski definition) is 0. The first-order valence-electron chi connectivity index (χ1n) is 11.5. The Labute approximate surface area is 197 Å². The second-order valence-electron chi connectivity index (χ2n) is 8.52. The molecule has 3 aliphatic rings. The van der Waals surface area contributed by atoms with Gasteiger partial charge in [0.25, 0.3) is 5.91 Å². The van der Waals surface area contributed by atoms with E-state index < -0.39 is 6.10 Å². The quantitative estimate of drug-likeness (QED) is 0.693. The number of hydrogen-bond acceptors (Lipinski definition) is 5. The summed E-state index contributed by atoms with van der Waals surface area (Å²) in [7, 11) is 0. The summed E-state index contributed by atoms with van der Waals surface area (Å²) in [6, 6.07) is 15.1. The number of benzene rings is 2. The normalized spacial score (nSPS) is 20.1. The Kier molecular flexibility index (Phi) is 6.26. The van der Waals surface area contributed by atoms with Crippen molar-refractivity contribution in [2.24, 2.45) is 0 Å². The molecule has 3 amide bonds. The molecular weight excluding hydrogens is 438 g/mol. The van der Waals surface area contributed by atoms with Crippen molar-refractivity contribution < 1.29 is 19.1 Å². The highest BCUT2D eigenvalue weighted by atomic mass is 32.2. The molecule has 0 saturated carbocycles. The van der Waals surface area contributed by atoms with Gasteiger partial charge in [-0.05, 0) is 43.5 Å². The second kappa shape index (κ2) is 9.47. The number of para-hydroxylation sites is 3. The van der Waals surface area contributed by atoms with Crippen LogP contribution in [0.3, 0.4) is 0 Å². The number of carbonyl (C=O) groups excluding carboxylic acids is 3. The van der Waals surface area contributed by atoms with E-state index in [0.717, 1.165) is 42.9 Å². The van der Waals surface area contributed by atoms with Crippen LogP contribution in [0.1, 0.15) is 25.7 Å². The summed E-state index contributed by atoms with van der Waals surface area (Å²) in [5.41, 5.74) is 1.53. The monoisotopic (exact) mass is 465 g/mol. The fourth-order valence-electron chi connectivity index (χ4n) is 4.66. The maximum Gasteiger partial charge on any atom is 0.265 e. The lowest BCUT2D eigenvalue weighted by molar-refractivity contribution is -0.139. The van der Waals surface area contributed by atoms with Gasteiger partial charge in [-0.1, -0.05) is 24.3 Å². The van der Waals surface area contributed by atoms with Gasteiger partial charge in [0.15, 0.2) is 6.10 Å². The molecule has 33 heavy (non-hydrogen) atoms. The van der Waals surface area contributed by atoms with Gasteiger partial charge < -0.3 is 19.4 Å². The van der Waals surface area contributed by atoms with Crippen molar-refractivity contribution in [2.45, 2.75) is 36.7 Å². The van der Waals surface area contributed by atoms with Gasteiger partial charge in [-0.25, -0.2) is 0 Å². The summed E-state index contributed by atoms with van der Waals surface area (Å²) in [6.45, 7) is 1.97. The SMILES string of the molecule is O=C([C@@H]1CN(C(=O)CCN2C(=O)CSc3ccccc32)c2ccccc2O1)N1CCCCC1. The third-order valence-corrected chi connectivity index (χ3v) is 7.42. The Morgan fingerprint density at radius 2 is 1.70 bits per heavy atom. The zero-order chi connectivity index (χ0) is 22.8. The van der Waals surface area contributed by atoms with Gasteiger partial charge in [-0.15, -0.1) is 11.8 Å². The van der Waals surface area contributed by atoms with Crippen LogP contribution in [0.4, 0.5) is 11.4 Å². The minimum atomic E-state index is -0.712. The molecule has 3 aliphatic heterocycles. The predicted molar refractivity (Wildman–Crippen MR) is 128 cm³/mol. The molecule has 2 aromatic rings. The lowest BCUT2D eigenvalue weighted by Crippen LogP contribution is -2.53. The van der Waals surface area contributed by atoms with Crippen LogP contribution in [-0.2, 0) is 14.4 Å². The van der Waals surface area contributed by atoms with Crippen LogP contribution in [0.15, 0.2) is 53.4 Å². The number of nitrogens with zero attached hydrogens (tertiary/aromatic N) is 3. The summed E-state index contributed by atoms with van der Waals surface area (Å²) in [5, 5.41) is 0. The number of rotatable bonds is 4. The highest BCUT2D eigenvalue weighted by Gasteiger charge is 2.36. The number of fused-ring (bicyclic) bond motifs is 2. The molecule has 3 heterocycles. The van der Waals surface area contributed by atoms with Crippen molar-refractivity contribution >= 4 is 40.9 Å². The molecule has 1 fully saturated rings. The van der Waals surface area contributed by atoms with E-state index in [1.54, 1.807) is 15.9 Å². The Morgan fingerprint density at radius 3 is 2.52 bits per heavy atom. The van der Waals surface area contributed by atoms with E-state index in [1.807, 2.05) is 47.4 Å². The van der Waals surface area contributed by atoms with Crippen LogP contribution in [0.5, 0.6) is 5.75 Å². The molecule has 7 nitrogen and oxygen atoms in total. The lowest BCUT2D eigenvalue weighted by atomic mass is 10.1. The van der Waals surface area contributed by atoms with E-state index in [9.17, 15) is 14.4 Å². The van der Waals surface area contributed by atoms with E-state index in [1.165, 1.54) is 11.8 Å². The van der Waals surface area contributed by atoms with Gasteiger partial charge >= 0.3 is 0 Å². The van der Waals surface area contributed by atoms with E-state index in [-0.39, 0.29) is 30.7 Å². The number of piperidine rings is 1. The summed E-state index contributed by atoms with van der Waals surface area (Å²) >= 11 is 1.53. The first-order chi connectivity index (χ1) is 16.1. The maximum atomic E-state index is 13.4. The molecule has 1 saturated heterocycles. The average Bonchev–Trinajstić information content (AvgIpc) is 2.87. The van der Waals surface area contributed by atoms with Crippen molar-refractivity contribution in [3.63, 3.8) is 0 Å². The summed E-state index contributed by atoms with van der Waals surface area (Å²) in [6.07, 6.45) is 2.60. The lowest BCUT2D eigenvalue weighted by Gasteiger charge is -2.37. The molecule has 1 atom stereocenters. The Hall–Kier alpha value is -3.00. The first-order valence-corrected chi connectivity index (χ1v) is 12.5. The number of likely N-dealkylation sites (tertiary alicyclic amines) is 1. The molecule has 0 aromatic heterocycles. The van der Waals surface area contributed by atoms with E-state index in [4.69, 9.17) is 4.74 Å². The molecule has 0 bridgehead atoms. The zero-order valence-electron chi connectivity index (χ0n) is 18.4. The van der Waals surface area contributed by atoms with Crippen LogP contribution in [0, 0.1) is 0 Å². The molecule has 0 unspecified atom stereocenters. The number of amides is 3. The summed E-state index contributed by atoms with van der Waals surface area (Å²) < 4.78 is 6.03. The third-order valence-electron chi connectivity index (χ3n) is 6.38. The van der Waals surface area contributed by atoms with Crippen LogP contribution in [-0.4, -0.2) is 60.7 Å². The smallest absolute Gasteiger partial charge is 0.265 e. The van der Waals surface area contributed by atoms with Gasteiger partial charge in [-0.2, -0.15) is 0 Å². The molecule has 5 rings (SSSR count). The highest BCUT2D eigenvalue weighted by molar-refractivity contribution is 8.00. The molecule has 0 radical (unpaired) electrons. The number of ether oxygens (including phenoxy) is 1. The third kappa shape index (κ3) is 4.44. The highest BCUT2D eigenvalue weighted by Crippen LogP contribution is 2.36. The first kappa shape index (κ1) is 21.8. The molecular formula is C25H27N3O4S. The standard InChI is InChI=1S/C25H27N3O4S/c29-23(12-15-27-19-9-3-5-11-22(19)33-17-24(27)30)28-16-21(25(31)26-13-6-1-7-14-26)32-20-10-4-2-8-18(20)28/h2-5,8-11,21H,1,6-7,12-17H2/t21-/m0/s1. The summed E-state index contributed by atoms with van der Waals surface area (Å²) in [4.78, 5) is 45.3. The largest absolute Gasteiger partial charge is 0.476 e. The Bertz CT molecular complexity index is 1070. The van der Waals surface area contributed by atoms with Gasteiger partial charge in [0.2, 0.25) is 11.8 Å². The number of thioether (sulfide) groups is 1.